The topological polar surface area (TPSA) is 59.0 Å². The molecule has 2 amide bonds. The maximum Gasteiger partial charge on any atom is 0.315 e. The lowest BCUT2D eigenvalue weighted by molar-refractivity contribution is 0.230. The summed E-state index contributed by atoms with van der Waals surface area (Å²) in [4.78, 5) is 16.7. The number of aromatic nitrogens is 2. The van der Waals surface area contributed by atoms with Crippen LogP contribution in [0.25, 0.3) is 0 Å². The molecular weight excluding hydrogens is 368 g/mol. The van der Waals surface area contributed by atoms with Crippen molar-refractivity contribution in [3.63, 3.8) is 0 Å². The number of urea groups is 1. The van der Waals surface area contributed by atoms with E-state index in [1.807, 2.05) is 62.4 Å². The Morgan fingerprint density at radius 1 is 1.27 bits per heavy atom. The molecule has 7 heteroatoms. The monoisotopic (exact) mass is 392 g/mol. The molecule has 0 radical (unpaired) electrons. The first-order valence-corrected chi connectivity index (χ1v) is 10.2. The lowest BCUT2D eigenvalue weighted by Crippen LogP contribution is -2.44. The summed E-state index contributed by atoms with van der Waals surface area (Å²) in [6.07, 6.45) is 8.00. The third kappa shape index (κ3) is 5.17. The Kier molecular flexibility index (Phi) is 6.48. The van der Waals surface area contributed by atoms with Crippen LogP contribution in [0.4, 0.5) is 4.79 Å². The molecule has 5 nitrogen and oxygen atoms in total. The van der Waals surface area contributed by atoms with Crippen molar-refractivity contribution in [3.8, 4) is 0 Å². The second-order valence-corrected chi connectivity index (χ2v) is 8.51. The van der Waals surface area contributed by atoms with Crippen LogP contribution in [0.2, 0.25) is 5.02 Å². The van der Waals surface area contributed by atoms with Gasteiger partial charge in [-0.3, -0.25) is 0 Å². The fraction of sp³-hybridized carbons (Fsp3) is 0.474. The van der Waals surface area contributed by atoms with Crippen molar-refractivity contribution >= 4 is 29.4 Å². The summed E-state index contributed by atoms with van der Waals surface area (Å²) in [5.41, 5.74) is 1.04. The second-order valence-electron chi connectivity index (χ2n) is 6.80. The SMILES string of the molecule is C[C@H](NC(=O)NC1CCC(Sc2nccn2C)CC1)c1ccc(Cl)cc1. The first-order valence-electron chi connectivity index (χ1n) is 8.97. The zero-order chi connectivity index (χ0) is 18.5. The van der Waals surface area contributed by atoms with Gasteiger partial charge in [-0.05, 0) is 50.3 Å². The number of nitrogens with one attached hydrogen (secondary N) is 2. The van der Waals surface area contributed by atoms with Crippen molar-refractivity contribution in [2.24, 2.45) is 7.05 Å². The van der Waals surface area contributed by atoms with E-state index in [4.69, 9.17) is 11.6 Å². The largest absolute Gasteiger partial charge is 0.335 e. The molecule has 0 saturated heterocycles. The van der Waals surface area contributed by atoms with E-state index in [2.05, 4.69) is 20.2 Å². The molecule has 1 aromatic carbocycles. The minimum Gasteiger partial charge on any atom is -0.335 e. The molecule has 2 aromatic rings. The average Bonchev–Trinajstić information content (AvgIpc) is 3.02. The standard InChI is InChI=1S/C19H25ClN4OS/c1-13(14-3-5-15(20)6-4-14)22-18(25)23-16-7-9-17(10-8-16)26-19-21-11-12-24(19)2/h3-6,11-13,16-17H,7-10H2,1-2H3,(H2,22,23,25)/t13-,16?,17?/m0/s1. The first kappa shape index (κ1) is 19.1. The van der Waals surface area contributed by atoms with Crippen LogP contribution in [0.3, 0.4) is 0 Å². The number of imidazole rings is 1. The number of carbonyl (C=O) groups excluding carboxylic acids is 1. The number of rotatable bonds is 5. The molecule has 1 saturated carbocycles. The number of aryl methyl sites for hydroxylation is 1. The summed E-state index contributed by atoms with van der Waals surface area (Å²) in [5.74, 6) is 0. The number of hydrogen-bond donors (Lipinski definition) is 2. The highest BCUT2D eigenvalue weighted by atomic mass is 35.5. The number of carbonyl (C=O) groups is 1. The molecule has 1 aliphatic rings. The van der Waals surface area contributed by atoms with E-state index in [-0.39, 0.29) is 18.1 Å². The second kappa shape index (κ2) is 8.82. The fourth-order valence-corrected chi connectivity index (χ4v) is 4.48. The van der Waals surface area contributed by atoms with Gasteiger partial charge in [0.05, 0.1) is 6.04 Å². The summed E-state index contributed by atoms with van der Waals surface area (Å²) in [6.45, 7) is 1.98. The number of thioether (sulfide) groups is 1. The van der Waals surface area contributed by atoms with Crippen molar-refractivity contribution < 1.29 is 4.79 Å². The van der Waals surface area contributed by atoms with Gasteiger partial charge in [-0.25, -0.2) is 9.78 Å². The van der Waals surface area contributed by atoms with E-state index in [0.717, 1.165) is 36.4 Å². The predicted octanol–water partition coefficient (Wildman–Crippen LogP) is 4.54. The molecule has 0 aliphatic heterocycles. The Balaban J connectivity index is 1.41. The first-order chi connectivity index (χ1) is 12.5. The molecule has 0 bridgehead atoms. The van der Waals surface area contributed by atoms with Gasteiger partial charge >= 0.3 is 6.03 Å². The normalized spacial score (nSPS) is 21.2. The van der Waals surface area contributed by atoms with Crippen molar-refractivity contribution in [1.82, 2.24) is 20.2 Å². The maximum atomic E-state index is 12.3. The smallest absolute Gasteiger partial charge is 0.315 e. The molecule has 1 fully saturated rings. The molecule has 1 atom stereocenters. The predicted molar refractivity (Wildman–Crippen MR) is 107 cm³/mol. The Hall–Kier alpha value is -1.66. The molecule has 2 N–H and O–H groups in total. The molecule has 26 heavy (non-hydrogen) atoms. The van der Waals surface area contributed by atoms with Gasteiger partial charge in [-0.1, -0.05) is 35.5 Å². The van der Waals surface area contributed by atoms with Crippen LogP contribution >= 0.6 is 23.4 Å². The third-order valence-electron chi connectivity index (χ3n) is 4.78. The average molecular weight is 393 g/mol. The summed E-state index contributed by atoms with van der Waals surface area (Å²) < 4.78 is 2.06. The zero-order valence-corrected chi connectivity index (χ0v) is 16.7. The van der Waals surface area contributed by atoms with E-state index in [0.29, 0.717) is 10.3 Å². The van der Waals surface area contributed by atoms with E-state index in [9.17, 15) is 4.79 Å². The third-order valence-corrected chi connectivity index (χ3v) is 6.44. The number of amides is 2. The minimum atomic E-state index is -0.104. The van der Waals surface area contributed by atoms with E-state index in [1.165, 1.54) is 0 Å². The van der Waals surface area contributed by atoms with Crippen LogP contribution in [0.5, 0.6) is 0 Å². The molecule has 1 heterocycles. The van der Waals surface area contributed by atoms with Gasteiger partial charge in [-0.15, -0.1) is 0 Å². The summed E-state index contributed by atoms with van der Waals surface area (Å²) in [6, 6.07) is 7.64. The minimum absolute atomic E-state index is 0.0532. The Labute approximate surface area is 163 Å². The van der Waals surface area contributed by atoms with Gasteiger partial charge in [0, 0.05) is 35.8 Å². The van der Waals surface area contributed by atoms with Crippen LogP contribution in [0.15, 0.2) is 41.8 Å². The molecule has 0 unspecified atom stereocenters. The molecule has 3 rings (SSSR count). The van der Waals surface area contributed by atoms with Crippen molar-refractivity contribution in [2.75, 3.05) is 0 Å². The van der Waals surface area contributed by atoms with Crippen molar-refractivity contribution in [1.29, 1.82) is 0 Å². The highest BCUT2D eigenvalue weighted by Crippen LogP contribution is 2.32. The highest BCUT2D eigenvalue weighted by molar-refractivity contribution is 7.99. The van der Waals surface area contributed by atoms with Gasteiger partial charge in [0.15, 0.2) is 5.16 Å². The van der Waals surface area contributed by atoms with Crippen LogP contribution in [0, 0.1) is 0 Å². The number of nitrogens with zero attached hydrogens (tertiary/aromatic N) is 2. The molecule has 1 aromatic heterocycles. The van der Waals surface area contributed by atoms with Gasteiger partial charge < -0.3 is 15.2 Å². The van der Waals surface area contributed by atoms with Crippen LogP contribution in [-0.2, 0) is 7.05 Å². The van der Waals surface area contributed by atoms with Crippen LogP contribution in [-0.4, -0.2) is 26.9 Å². The van der Waals surface area contributed by atoms with Crippen LogP contribution in [0.1, 0.15) is 44.2 Å². The van der Waals surface area contributed by atoms with E-state index < -0.39 is 0 Å². The van der Waals surface area contributed by atoms with Crippen molar-refractivity contribution in [2.45, 2.75) is 55.1 Å². The number of benzene rings is 1. The Morgan fingerprint density at radius 2 is 1.96 bits per heavy atom. The molecule has 1 aliphatic carbocycles. The Morgan fingerprint density at radius 3 is 2.58 bits per heavy atom. The van der Waals surface area contributed by atoms with E-state index in [1.54, 1.807) is 0 Å². The lowest BCUT2D eigenvalue weighted by atomic mass is 9.95. The zero-order valence-electron chi connectivity index (χ0n) is 15.1. The highest BCUT2D eigenvalue weighted by Gasteiger charge is 2.24. The molecular formula is C19H25ClN4OS. The number of halogens is 1. The van der Waals surface area contributed by atoms with Gasteiger partial charge in [0.2, 0.25) is 0 Å². The fourth-order valence-electron chi connectivity index (χ4n) is 3.20. The quantitative estimate of drug-likeness (QED) is 0.785. The van der Waals surface area contributed by atoms with Crippen LogP contribution < -0.4 is 10.6 Å². The van der Waals surface area contributed by atoms with Gasteiger partial charge in [0.25, 0.3) is 0 Å². The van der Waals surface area contributed by atoms with Gasteiger partial charge in [0.1, 0.15) is 0 Å². The number of hydrogen-bond acceptors (Lipinski definition) is 3. The summed E-state index contributed by atoms with van der Waals surface area (Å²) in [5, 5.41) is 8.46. The van der Waals surface area contributed by atoms with Crippen molar-refractivity contribution in [3.05, 3.63) is 47.2 Å². The van der Waals surface area contributed by atoms with Gasteiger partial charge in [-0.2, -0.15) is 0 Å². The molecule has 140 valence electrons. The summed E-state index contributed by atoms with van der Waals surface area (Å²) in [7, 11) is 2.02. The Bertz CT molecular complexity index is 725. The molecule has 0 spiro atoms. The van der Waals surface area contributed by atoms with E-state index >= 15 is 0 Å². The maximum absolute atomic E-state index is 12.3. The summed E-state index contributed by atoms with van der Waals surface area (Å²) >= 11 is 7.75. The lowest BCUT2D eigenvalue weighted by Gasteiger charge is -2.29.